The monoisotopic (exact) mass is 392 g/mol. The highest BCUT2D eigenvalue weighted by Gasteiger charge is 2.54. The highest BCUT2D eigenvalue weighted by Crippen LogP contribution is 2.40. The number of hydrogen-bond acceptors (Lipinski definition) is 5. The first-order valence-electron chi connectivity index (χ1n) is 9.88. The Morgan fingerprint density at radius 1 is 1.36 bits per heavy atom. The molecule has 2 aliphatic rings. The number of aromatic amines is 1. The maximum atomic E-state index is 12.8. The van der Waals surface area contributed by atoms with Gasteiger partial charge in [-0.05, 0) is 53.3 Å². The van der Waals surface area contributed by atoms with Gasteiger partial charge in [-0.2, -0.15) is 0 Å². The predicted molar refractivity (Wildman–Crippen MR) is 105 cm³/mol. The van der Waals surface area contributed by atoms with Gasteiger partial charge in [0.1, 0.15) is 6.10 Å². The number of rotatable bonds is 4. The number of aliphatic hydroxyl groups is 1. The second-order valence-electron chi connectivity index (χ2n) is 8.58. The molecule has 2 saturated heterocycles. The van der Waals surface area contributed by atoms with Crippen molar-refractivity contribution >= 4 is 11.8 Å². The molecule has 156 valence electrons. The molecule has 0 aliphatic carbocycles. The largest absolute Gasteiger partial charge is 0.388 e. The van der Waals surface area contributed by atoms with E-state index in [4.69, 9.17) is 4.74 Å². The number of likely N-dealkylation sites (N-methyl/N-ethyl adjacent to an activating group) is 1. The third-order valence-electron chi connectivity index (χ3n) is 6.08. The van der Waals surface area contributed by atoms with E-state index < -0.39 is 17.2 Å². The Morgan fingerprint density at radius 2 is 2.04 bits per heavy atom. The molecular formula is C20H32N4O4. The fourth-order valence-corrected chi connectivity index (χ4v) is 4.40. The SMILES string of the molecule is Cc1[nH]ccc1C(=O)N1CCC2(CC1)OCC[C@](C)(NC(=O)CN(C)C)[C@H]2O. The molecule has 0 bridgehead atoms. The average Bonchev–Trinajstić information content (AvgIpc) is 3.05. The summed E-state index contributed by atoms with van der Waals surface area (Å²) in [6.07, 6.45) is 2.58. The molecule has 0 aromatic carbocycles. The number of aromatic nitrogens is 1. The quantitative estimate of drug-likeness (QED) is 0.694. The first-order chi connectivity index (χ1) is 13.2. The molecule has 2 atom stereocenters. The molecule has 3 N–H and O–H groups in total. The Morgan fingerprint density at radius 3 is 2.61 bits per heavy atom. The molecular weight excluding hydrogens is 360 g/mol. The van der Waals surface area contributed by atoms with E-state index in [0.717, 1.165) is 5.69 Å². The zero-order valence-electron chi connectivity index (χ0n) is 17.2. The average molecular weight is 393 g/mol. The van der Waals surface area contributed by atoms with Crippen molar-refractivity contribution < 1.29 is 19.4 Å². The molecule has 3 heterocycles. The summed E-state index contributed by atoms with van der Waals surface area (Å²) >= 11 is 0. The minimum atomic E-state index is -0.828. The summed E-state index contributed by atoms with van der Waals surface area (Å²) in [5.41, 5.74) is 0.0641. The molecule has 2 amide bonds. The Bertz CT molecular complexity index is 724. The van der Waals surface area contributed by atoms with Crippen LogP contribution in [-0.4, -0.2) is 89.3 Å². The van der Waals surface area contributed by atoms with Crippen LogP contribution >= 0.6 is 0 Å². The number of nitrogens with zero attached hydrogens (tertiary/aromatic N) is 2. The van der Waals surface area contributed by atoms with Crippen molar-refractivity contribution in [2.75, 3.05) is 40.3 Å². The lowest BCUT2D eigenvalue weighted by atomic mass is 9.73. The highest BCUT2D eigenvalue weighted by molar-refractivity contribution is 5.95. The van der Waals surface area contributed by atoms with Crippen molar-refractivity contribution in [1.82, 2.24) is 20.1 Å². The molecule has 0 saturated carbocycles. The van der Waals surface area contributed by atoms with Crippen molar-refractivity contribution in [3.63, 3.8) is 0 Å². The minimum absolute atomic E-state index is 0.000877. The number of ether oxygens (including phenoxy) is 1. The van der Waals surface area contributed by atoms with Crippen molar-refractivity contribution in [2.45, 2.75) is 50.4 Å². The fraction of sp³-hybridized carbons (Fsp3) is 0.700. The van der Waals surface area contributed by atoms with Crippen molar-refractivity contribution in [2.24, 2.45) is 0 Å². The van der Waals surface area contributed by atoms with Crippen LogP contribution in [0.2, 0.25) is 0 Å². The molecule has 1 aromatic heterocycles. The van der Waals surface area contributed by atoms with Gasteiger partial charge in [-0.1, -0.05) is 0 Å². The van der Waals surface area contributed by atoms with Gasteiger partial charge in [-0.25, -0.2) is 0 Å². The fourth-order valence-electron chi connectivity index (χ4n) is 4.40. The van der Waals surface area contributed by atoms with E-state index in [0.29, 0.717) is 44.5 Å². The predicted octanol–water partition coefficient (Wildman–Crippen LogP) is 0.516. The topological polar surface area (TPSA) is 97.9 Å². The Balaban J connectivity index is 1.67. The summed E-state index contributed by atoms with van der Waals surface area (Å²) in [6.45, 7) is 5.55. The van der Waals surface area contributed by atoms with Crippen LogP contribution in [0.4, 0.5) is 0 Å². The van der Waals surface area contributed by atoms with Gasteiger partial charge in [0, 0.05) is 31.6 Å². The van der Waals surface area contributed by atoms with Crippen LogP contribution in [-0.2, 0) is 9.53 Å². The van der Waals surface area contributed by atoms with Gasteiger partial charge in [0.05, 0.1) is 23.2 Å². The van der Waals surface area contributed by atoms with Gasteiger partial charge in [0.25, 0.3) is 5.91 Å². The number of amides is 2. The zero-order valence-corrected chi connectivity index (χ0v) is 17.2. The minimum Gasteiger partial charge on any atom is -0.388 e. The number of likely N-dealkylation sites (tertiary alicyclic amines) is 1. The smallest absolute Gasteiger partial charge is 0.255 e. The maximum absolute atomic E-state index is 12.8. The molecule has 28 heavy (non-hydrogen) atoms. The Labute approximate surface area is 166 Å². The van der Waals surface area contributed by atoms with E-state index in [1.165, 1.54) is 0 Å². The molecule has 3 rings (SSSR count). The molecule has 2 aliphatic heterocycles. The molecule has 8 nitrogen and oxygen atoms in total. The first-order valence-corrected chi connectivity index (χ1v) is 9.88. The third kappa shape index (κ3) is 3.94. The number of piperidine rings is 1. The number of carbonyl (C=O) groups is 2. The zero-order chi connectivity index (χ0) is 20.5. The van der Waals surface area contributed by atoms with Crippen LogP contribution < -0.4 is 5.32 Å². The summed E-state index contributed by atoms with van der Waals surface area (Å²) in [5.74, 6) is -0.111. The Hall–Kier alpha value is -1.90. The van der Waals surface area contributed by atoms with Crippen molar-refractivity contribution in [3.05, 3.63) is 23.5 Å². The lowest BCUT2D eigenvalue weighted by molar-refractivity contribution is -0.205. The van der Waals surface area contributed by atoms with Crippen LogP contribution in [0.25, 0.3) is 0 Å². The number of carbonyl (C=O) groups excluding carboxylic acids is 2. The van der Waals surface area contributed by atoms with Gasteiger partial charge in [0.15, 0.2) is 0 Å². The maximum Gasteiger partial charge on any atom is 0.255 e. The van der Waals surface area contributed by atoms with Gasteiger partial charge in [0.2, 0.25) is 5.91 Å². The molecule has 8 heteroatoms. The van der Waals surface area contributed by atoms with Crippen LogP contribution in [0.5, 0.6) is 0 Å². The molecule has 2 fully saturated rings. The van der Waals surface area contributed by atoms with E-state index >= 15 is 0 Å². The summed E-state index contributed by atoms with van der Waals surface area (Å²) in [5, 5.41) is 14.2. The molecule has 1 aromatic rings. The number of H-pyrrole nitrogens is 1. The first kappa shape index (κ1) is 20.8. The normalized spacial score (nSPS) is 27.2. The summed E-state index contributed by atoms with van der Waals surface area (Å²) in [6, 6.07) is 1.80. The van der Waals surface area contributed by atoms with Crippen LogP contribution in [0.15, 0.2) is 12.3 Å². The number of nitrogens with one attached hydrogen (secondary N) is 2. The van der Waals surface area contributed by atoms with E-state index in [1.807, 2.05) is 32.8 Å². The second kappa shape index (κ2) is 7.85. The summed E-state index contributed by atoms with van der Waals surface area (Å²) in [7, 11) is 3.67. The summed E-state index contributed by atoms with van der Waals surface area (Å²) < 4.78 is 6.06. The van der Waals surface area contributed by atoms with Gasteiger partial charge in [-0.15, -0.1) is 0 Å². The van der Waals surface area contributed by atoms with Crippen molar-refractivity contribution in [3.8, 4) is 0 Å². The lowest BCUT2D eigenvalue weighted by Gasteiger charge is -2.53. The van der Waals surface area contributed by atoms with Crippen LogP contribution in [0.1, 0.15) is 42.2 Å². The molecule has 0 unspecified atom stereocenters. The van der Waals surface area contributed by atoms with Crippen molar-refractivity contribution in [1.29, 1.82) is 0 Å². The third-order valence-corrected chi connectivity index (χ3v) is 6.08. The van der Waals surface area contributed by atoms with Crippen LogP contribution in [0, 0.1) is 6.92 Å². The standard InChI is InChI=1S/C20H32N4O4/c1-14-15(5-9-21-14)17(26)24-10-6-20(7-11-24)18(27)19(2,8-12-28-20)22-16(25)13-23(3)4/h5,9,18,21,27H,6-8,10-13H2,1-4H3,(H,22,25)/t18-,19+/m1/s1. The highest BCUT2D eigenvalue weighted by atomic mass is 16.5. The van der Waals surface area contributed by atoms with Gasteiger partial charge < -0.3 is 29.9 Å². The van der Waals surface area contributed by atoms with Gasteiger partial charge >= 0.3 is 0 Å². The summed E-state index contributed by atoms with van der Waals surface area (Å²) in [4.78, 5) is 31.7. The van der Waals surface area contributed by atoms with Crippen LogP contribution in [0.3, 0.4) is 0 Å². The van der Waals surface area contributed by atoms with E-state index in [1.54, 1.807) is 17.2 Å². The van der Waals surface area contributed by atoms with E-state index in [2.05, 4.69) is 10.3 Å². The Kier molecular flexibility index (Phi) is 5.84. The second-order valence-corrected chi connectivity index (χ2v) is 8.58. The number of aliphatic hydroxyl groups excluding tert-OH is 1. The number of aryl methyl sites for hydroxylation is 1. The lowest BCUT2D eigenvalue weighted by Crippen LogP contribution is -2.69. The molecule has 0 radical (unpaired) electrons. The molecule has 1 spiro atoms. The van der Waals surface area contributed by atoms with Gasteiger partial charge in [-0.3, -0.25) is 9.59 Å². The van der Waals surface area contributed by atoms with E-state index in [-0.39, 0.29) is 18.4 Å². The van der Waals surface area contributed by atoms with E-state index in [9.17, 15) is 14.7 Å². The number of hydrogen-bond donors (Lipinski definition) is 3.